The molecule has 2 heterocycles. The molecule has 2 aromatic rings. The molecule has 1 fully saturated rings. The second-order valence-corrected chi connectivity index (χ2v) is 8.76. The smallest absolute Gasteiger partial charge is 0.176 e. The Labute approximate surface area is 158 Å². The number of carbonyl (C=O) groups is 1. The first-order valence-corrected chi connectivity index (χ1v) is 10.5. The SMILES string of the molecule is COc1ccc(C(=O)CN(Cc2ccco2)[C@@H]2CCS(=O)(=O)C2)cc1OC. The molecular weight excluding hydrogens is 370 g/mol. The highest BCUT2D eigenvalue weighted by Crippen LogP contribution is 2.28. The summed E-state index contributed by atoms with van der Waals surface area (Å²) in [7, 11) is -0.0143. The molecule has 3 rings (SSSR count). The summed E-state index contributed by atoms with van der Waals surface area (Å²) in [6.45, 7) is 0.475. The number of hydrogen-bond donors (Lipinski definition) is 0. The van der Waals surface area contributed by atoms with Gasteiger partial charge in [0, 0.05) is 11.6 Å². The van der Waals surface area contributed by atoms with E-state index in [0.717, 1.165) is 0 Å². The highest BCUT2D eigenvalue weighted by molar-refractivity contribution is 7.91. The molecule has 146 valence electrons. The number of nitrogens with zero attached hydrogens (tertiary/aromatic N) is 1. The largest absolute Gasteiger partial charge is 0.493 e. The number of sulfone groups is 1. The lowest BCUT2D eigenvalue weighted by Crippen LogP contribution is -2.39. The van der Waals surface area contributed by atoms with Crippen molar-refractivity contribution >= 4 is 15.6 Å². The molecule has 1 atom stereocenters. The third-order valence-electron chi connectivity index (χ3n) is 4.72. The minimum absolute atomic E-state index is 0.0624. The van der Waals surface area contributed by atoms with E-state index in [0.29, 0.717) is 35.8 Å². The van der Waals surface area contributed by atoms with Crippen molar-refractivity contribution in [1.29, 1.82) is 0 Å². The molecule has 0 spiro atoms. The van der Waals surface area contributed by atoms with Gasteiger partial charge in [-0.2, -0.15) is 0 Å². The summed E-state index contributed by atoms with van der Waals surface area (Å²) in [5, 5.41) is 0. The van der Waals surface area contributed by atoms with Crippen molar-refractivity contribution in [3.8, 4) is 11.5 Å². The number of rotatable bonds is 8. The maximum absolute atomic E-state index is 12.9. The van der Waals surface area contributed by atoms with Crippen molar-refractivity contribution in [2.24, 2.45) is 0 Å². The van der Waals surface area contributed by atoms with Crippen LogP contribution in [0.25, 0.3) is 0 Å². The van der Waals surface area contributed by atoms with Gasteiger partial charge in [0.1, 0.15) is 5.76 Å². The first-order chi connectivity index (χ1) is 12.9. The molecule has 1 aliphatic heterocycles. The first kappa shape index (κ1) is 19.4. The number of hydrogen-bond acceptors (Lipinski definition) is 7. The van der Waals surface area contributed by atoms with Gasteiger partial charge in [0.2, 0.25) is 0 Å². The summed E-state index contributed by atoms with van der Waals surface area (Å²) >= 11 is 0. The molecule has 1 saturated heterocycles. The number of methoxy groups -OCH3 is 2. The molecular formula is C19H23NO6S. The molecule has 0 aliphatic carbocycles. The van der Waals surface area contributed by atoms with E-state index in [9.17, 15) is 13.2 Å². The fourth-order valence-corrected chi connectivity index (χ4v) is 5.03. The molecule has 0 saturated carbocycles. The second-order valence-electron chi connectivity index (χ2n) is 6.53. The van der Waals surface area contributed by atoms with Crippen molar-refractivity contribution in [1.82, 2.24) is 4.90 Å². The molecule has 1 aromatic carbocycles. The number of ether oxygens (including phenoxy) is 2. The van der Waals surface area contributed by atoms with E-state index in [1.54, 1.807) is 30.5 Å². The molecule has 1 aliphatic rings. The van der Waals surface area contributed by atoms with Gasteiger partial charge in [-0.25, -0.2) is 8.42 Å². The van der Waals surface area contributed by atoms with Crippen LogP contribution in [-0.2, 0) is 16.4 Å². The third-order valence-corrected chi connectivity index (χ3v) is 6.47. The lowest BCUT2D eigenvalue weighted by atomic mass is 10.1. The van der Waals surface area contributed by atoms with Crippen LogP contribution in [0.2, 0.25) is 0 Å². The average Bonchev–Trinajstić information content (AvgIpc) is 3.29. The van der Waals surface area contributed by atoms with Crippen LogP contribution in [0.3, 0.4) is 0 Å². The van der Waals surface area contributed by atoms with Crippen molar-refractivity contribution in [3.05, 3.63) is 47.9 Å². The third kappa shape index (κ3) is 4.70. The molecule has 0 unspecified atom stereocenters. The predicted molar refractivity (Wildman–Crippen MR) is 100 cm³/mol. The fourth-order valence-electron chi connectivity index (χ4n) is 3.27. The molecule has 0 amide bonds. The molecule has 8 heteroatoms. The molecule has 0 radical (unpaired) electrons. The molecule has 27 heavy (non-hydrogen) atoms. The number of furan rings is 1. The first-order valence-electron chi connectivity index (χ1n) is 8.64. The van der Waals surface area contributed by atoms with Crippen molar-refractivity contribution in [2.45, 2.75) is 19.0 Å². The Hall–Kier alpha value is -2.32. The summed E-state index contributed by atoms with van der Waals surface area (Å²) in [5.74, 6) is 1.81. The summed E-state index contributed by atoms with van der Waals surface area (Å²) < 4.78 is 39.6. The van der Waals surface area contributed by atoms with Crippen molar-refractivity contribution in [3.63, 3.8) is 0 Å². The van der Waals surface area contributed by atoms with Crippen LogP contribution in [0, 0.1) is 0 Å². The van der Waals surface area contributed by atoms with Gasteiger partial charge in [0.05, 0.1) is 45.1 Å². The van der Waals surface area contributed by atoms with Gasteiger partial charge in [-0.3, -0.25) is 9.69 Å². The monoisotopic (exact) mass is 393 g/mol. The zero-order valence-electron chi connectivity index (χ0n) is 15.4. The highest BCUT2D eigenvalue weighted by Gasteiger charge is 2.33. The Morgan fingerprint density at radius 3 is 2.59 bits per heavy atom. The van der Waals surface area contributed by atoms with E-state index in [-0.39, 0.29) is 29.9 Å². The standard InChI is InChI=1S/C19H23NO6S/c1-24-18-6-5-14(10-19(18)25-2)17(21)12-20(11-16-4-3-8-26-16)15-7-9-27(22,23)13-15/h3-6,8,10,15H,7,9,11-13H2,1-2H3/t15-/m1/s1. The highest BCUT2D eigenvalue weighted by atomic mass is 32.2. The Morgan fingerprint density at radius 2 is 2.00 bits per heavy atom. The van der Waals surface area contributed by atoms with E-state index in [1.807, 2.05) is 11.0 Å². The number of carbonyl (C=O) groups excluding carboxylic acids is 1. The van der Waals surface area contributed by atoms with Crippen LogP contribution >= 0.6 is 0 Å². The van der Waals surface area contributed by atoms with Gasteiger partial charge in [-0.05, 0) is 36.8 Å². The van der Waals surface area contributed by atoms with E-state index in [4.69, 9.17) is 13.9 Å². The second kappa shape index (κ2) is 8.14. The molecule has 0 N–H and O–H groups in total. The Balaban J connectivity index is 1.79. The van der Waals surface area contributed by atoms with Gasteiger partial charge in [0.25, 0.3) is 0 Å². The Bertz CT molecular complexity index is 891. The lowest BCUT2D eigenvalue weighted by molar-refractivity contribution is 0.0884. The van der Waals surface area contributed by atoms with Crippen molar-refractivity contribution < 1.29 is 27.1 Å². The fraction of sp³-hybridized carbons (Fsp3) is 0.421. The minimum Gasteiger partial charge on any atom is -0.493 e. The van der Waals surface area contributed by atoms with Gasteiger partial charge in [-0.15, -0.1) is 0 Å². The van der Waals surface area contributed by atoms with Gasteiger partial charge < -0.3 is 13.9 Å². The van der Waals surface area contributed by atoms with Crippen LogP contribution in [0.4, 0.5) is 0 Å². The van der Waals surface area contributed by atoms with Crippen LogP contribution < -0.4 is 9.47 Å². The zero-order chi connectivity index (χ0) is 19.4. The number of Topliss-reactive ketones (excluding diaryl/α,β-unsaturated/α-hetero) is 1. The Kier molecular flexibility index (Phi) is 5.86. The van der Waals surface area contributed by atoms with Crippen molar-refractivity contribution in [2.75, 3.05) is 32.3 Å². The van der Waals surface area contributed by atoms with Crippen LogP contribution in [-0.4, -0.2) is 57.4 Å². The number of ketones is 1. The Morgan fingerprint density at radius 1 is 1.22 bits per heavy atom. The van der Waals surface area contributed by atoms with E-state index in [1.165, 1.54) is 14.2 Å². The van der Waals surface area contributed by atoms with Crippen LogP contribution in [0.5, 0.6) is 11.5 Å². The van der Waals surface area contributed by atoms with E-state index >= 15 is 0 Å². The molecule has 0 bridgehead atoms. The maximum Gasteiger partial charge on any atom is 0.176 e. The van der Waals surface area contributed by atoms with E-state index in [2.05, 4.69) is 0 Å². The summed E-state index contributed by atoms with van der Waals surface area (Å²) in [4.78, 5) is 14.7. The average molecular weight is 393 g/mol. The van der Waals surface area contributed by atoms with Gasteiger partial charge in [-0.1, -0.05) is 0 Å². The van der Waals surface area contributed by atoms with E-state index < -0.39 is 9.84 Å². The van der Waals surface area contributed by atoms with Crippen LogP contribution in [0.1, 0.15) is 22.5 Å². The minimum atomic E-state index is -3.06. The summed E-state index contributed by atoms with van der Waals surface area (Å²) in [6, 6.07) is 8.39. The van der Waals surface area contributed by atoms with Gasteiger partial charge in [0.15, 0.2) is 27.1 Å². The molecule has 1 aromatic heterocycles. The summed E-state index contributed by atoms with van der Waals surface area (Å²) in [5.41, 5.74) is 0.484. The maximum atomic E-state index is 12.9. The van der Waals surface area contributed by atoms with Crippen LogP contribution in [0.15, 0.2) is 41.0 Å². The quantitative estimate of drug-likeness (QED) is 0.635. The van der Waals surface area contributed by atoms with Gasteiger partial charge >= 0.3 is 0 Å². The topological polar surface area (TPSA) is 86.0 Å². The normalized spacial score (nSPS) is 18.6. The number of benzene rings is 1. The lowest BCUT2D eigenvalue weighted by Gasteiger charge is -2.26. The zero-order valence-corrected chi connectivity index (χ0v) is 16.2. The predicted octanol–water partition coefficient (Wildman–Crippen LogP) is 2.17. The summed E-state index contributed by atoms with van der Waals surface area (Å²) in [6.07, 6.45) is 2.08. The molecule has 7 nitrogen and oxygen atoms in total.